The van der Waals surface area contributed by atoms with Crippen molar-refractivity contribution in [3.05, 3.63) is 90.0 Å². The van der Waals surface area contributed by atoms with Crippen LogP contribution in [0.3, 0.4) is 0 Å². The minimum absolute atomic E-state index is 0.0442. The van der Waals surface area contributed by atoms with Crippen molar-refractivity contribution in [1.29, 1.82) is 0 Å². The summed E-state index contributed by atoms with van der Waals surface area (Å²) >= 11 is 0. The first-order valence-corrected chi connectivity index (χ1v) is 10.7. The van der Waals surface area contributed by atoms with E-state index in [1.165, 1.54) is 4.90 Å². The summed E-state index contributed by atoms with van der Waals surface area (Å²) in [6.07, 6.45) is 1.10. The Morgan fingerprint density at radius 1 is 0.697 bits per heavy atom. The molecule has 0 radical (unpaired) electrons. The molecule has 7 nitrogen and oxygen atoms in total. The smallest absolute Gasteiger partial charge is 0.253 e. The summed E-state index contributed by atoms with van der Waals surface area (Å²) in [5.41, 5.74) is 3.77. The van der Waals surface area contributed by atoms with Crippen molar-refractivity contribution in [2.75, 3.05) is 36.6 Å². The highest BCUT2D eigenvalue weighted by Gasteiger charge is 2.08. The maximum absolute atomic E-state index is 12.2. The summed E-state index contributed by atoms with van der Waals surface area (Å²) in [5, 5.41) is 8.72. The van der Waals surface area contributed by atoms with E-state index in [1.54, 1.807) is 50.5 Å². The lowest BCUT2D eigenvalue weighted by atomic mass is 10.1. The number of anilines is 3. The molecular weight excluding hydrogens is 416 g/mol. The number of aryl methyl sites for hydroxylation is 1. The Morgan fingerprint density at radius 2 is 1.24 bits per heavy atom. The molecule has 0 saturated heterocycles. The molecule has 0 heterocycles. The molecule has 3 N–H and O–H groups in total. The standard InChI is InChI=1S/C26H28N4O3/c1-30(2)26(33)20-9-11-22(12-10-20)29-25(32)18-27-21-13-15-23(16-14-21)28-24(31)17-8-19-6-4-3-5-7-19/h3-7,9-16,27H,8,17-18H2,1-2H3,(H,28,31)(H,29,32). The van der Waals surface area contributed by atoms with E-state index in [9.17, 15) is 14.4 Å². The van der Waals surface area contributed by atoms with Gasteiger partial charge in [-0.1, -0.05) is 30.3 Å². The van der Waals surface area contributed by atoms with Crippen molar-refractivity contribution in [3.8, 4) is 0 Å². The zero-order chi connectivity index (χ0) is 23.6. The predicted octanol–water partition coefficient (Wildman–Crippen LogP) is 4.01. The molecule has 0 aliphatic carbocycles. The molecule has 0 saturated carbocycles. The molecule has 170 valence electrons. The predicted molar refractivity (Wildman–Crippen MR) is 131 cm³/mol. The third kappa shape index (κ3) is 7.50. The Bertz CT molecular complexity index is 1080. The van der Waals surface area contributed by atoms with Crippen molar-refractivity contribution in [2.24, 2.45) is 0 Å². The van der Waals surface area contributed by atoms with Gasteiger partial charge in [-0.2, -0.15) is 0 Å². The molecule has 0 bridgehead atoms. The number of carbonyl (C=O) groups excluding carboxylic acids is 3. The largest absolute Gasteiger partial charge is 0.376 e. The molecule has 3 rings (SSSR count). The van der Waals surface area contributed by atoms with Crippen molar-refractivity contribution >= 4 is 34.8 Å². The van der Waals surface area contributed by atoms with Crippen LogP contribution in [0.4, 0.5) is 17.1 Å². The molecule has 0 aromatic heterocycles. The third-order valence-corrected chi connectivity index (χ3v) is 4.93. The Balaban J connectivity index is 1.42. The van der Waals surface area contributed by atoms with Crippen molar-refractivity contribution in [1.82, 2.24) is 4.90 Å². The highest BCUT2D eigenvalue weighted by Crippen LogP contribution is 2.15. The molecule has 0 atom stereocenters. The van der Waals surface area contributed by atoms with Crippen molar-refractivity contribution < 1.29 is 14.4 Å². The summed E-state index contributed by atoms with van der Waals surface area (Å²) < 4.78 is 0. The monoisotopic (exact) mass is 444 g/mol. The van der Waals surface area contributed by atoms with Gasteiger partial charge in [0.15, 0.2) is 0 Å². The summed E-state index contributed by atoms with van der Waals surface area (Å²) in [6.45, 7) is 0.0845. The molecule has 0 aliphatic rings. The molecule has 0 fully saturated rings. The lowest BCUT2D eigenvalue weighted by Crippen LogP contribution is -2.23. The van der Waals surface area contributed by atoms with Crippen molar-refractivity contribution in [3.63, 3.8) is 0 Å². The van der Waals surface area contributed by atoms with Gasteiger partial charge >= 0.3 is 0 Å². The van der Waals surface area contributed by atoms with Crippen LogP contribution in [-0.2, 0) is 16.0 Å². The topological polar surface area (TPSA) is 90.5 Å². The first-order valence-electron chi connectivity index (χ1n) is 10.7. The first-order chi connectivity index (χ1) is 15.9. The van der Waals surface area contributed by atoms with Gasteiger partial charge in [0.2, 0.25) is 11.8 Å². The zero-order valence-corrected chi connectivity index (χ0v) is 18.8. The second-order valence-corrected chi connectivity index (χ2v) is 7.79. The van der Waals surface area contributed by atoms with Gasteiger partial charge in [-0.05, 0) is 60.5 Å². The molecular formula is C26H28N4O3. The normalized spacial score (nSPS) is 10.2. The van der Waals surface area contributed by atoms with E-state index in [-0.39, 0.29) is 24.3 Å². The zero-order valence-electron chi connectivity index (χ0n) is 18.8. The quantitative estimate of drug-likeness (QED) is 0.465. The second-order valence-electron chi connectivity index (χ2n) is 7.79. The number of amides is 3. The molecule has 33 heavy (non-hydrogen) atoms. The highest BCUT2D eigenvalue weighted by atomic mass is 16.2. The van der Waals surface area contributed by atoms with E-state index in [1.807, 2.05) is 42.5 Å². The Labute approximate surface area is 193 Å². The van der Waals surface area contributed by atoms with E-state index in [4.69, 9.17) is 0 Å². The molecule has 3 amide bonds. The lowest BCUT2D eigenvalue weighted by Gasteiger charge is -2.11. The summed E-state index contributed by atoms with van der Waals surface area (Å²) in [6, 6.07) is 23.8. The molecule has 3 aromatic carbocycles. The number of hydrogen-bond donors (Lipinski definition) is 3. The number of carbonyl (C=O) groups is 3. The van der Waals surface area contributed by atoms with Gasteiger partial charge in [0, 0.05) is 43.1 Å². The van der Waals surface area contributed by atoms with E-state index < -0.39 is 0 Å². The molecule has 0 unspecified atom stereocenters. The Morgan fingerprint density at radius 3 is 1.85 bits per heavy atom. The number of rotatable bonds is 9. The molecule has 0 aliphatic heterocycles. The minimum Gasteiger partial charge on any atom is -0.376 e. The summed E-state index contributed by atoms with van der Waals surface area (Å²) in [5.74, 6) is -0.345. The maximum atomic E-state index is 12.2. The van der Waals surface area contributed by atoms with Crippen LogP contribution >= 0.6 is 0 Å². The highest BCUT2D eigenvalue weighted by molar-refractivity contribution is 5.96. The van der Waals surface area contributed by atoms with Crippen LogP contribution in [0.2, 0.25) is 0 Å². The second kappa shape index (κ2) is 11.5. The minimum atomic E-state index is -0.208. The van der Waals surface area contributed by atoms with Gasteiger partial charge in [-0.15, -0.1) is 0 Å². The van der Waals surface area contributed by atoms with E-state index in [2.05, 4.69) is 16.0 Å². The molecule has 7 heteroatoms. The van der Waals surface area contributed by atoms with Crippen LogP contribution in [-0.4, -0.2) is 43.3 Å². The van der Waals surface area contributed by atoms with Crippen LogP contribution < -0.4 is 16.0 Å². The van der Waals surface area contributed by atoms with Gasteiger partial charge in [0.1, 0.15) is 0 Å². The van der Waals surface area contributed by atoms with E-state index in [0.717, 1.165) is 11.3 Å². The summed E-state index contributed by atoms with van der Waals surface area (Å²) in [4.78, 5) is 37.8. The first kappa shape index (κ1) is 23.5. The third-order valence-electron chi connectivity index (χ3n) is 4.93. The van der Waals surface area contributed by atoms with Gasteiger partial charge < -0.3 is 20.9 Å². The number of nitrogens with zero attached hydrogens (tertiary/aromatic N) is 1. The number of nitrogens with one attached hydrogen (secondary N) is 3. The molecule has 0 spiro atoms. The maximum Gasteiger partial charge on any atom is 0.253 e. The van der Waals surface area contributed by atoms with E-state index in [0.29, 0.717) is 29.8 Å². The van der Waals surface area contributed by atoms with Gasteiger partial charge in [0.05, 0.1) is 6.54 Å². The van der Waals surface area contributed by atoms with Gasteiger partial charge in [0.25, 0.3) is 5.91 Å². The number of benzene rings is 3. The fourth-order valence-electron chi connectivity index (χ4n) is 3.14. The Hall–Kier alpha value is -4.13. The van der Waals surface area contributed by atoms with E-state index >= 15 is 0 Å². The van der Waals surface area contributed by atoms with Gasteiger partial charge in [-0.3, -0.25) is 14.4 Å². The average Bonchev–Trinajstić information content (AvgIpc) is 2.83. The van der Waals surface area contributed by atoms with Crippen LogP contribution in [0.5, 0.6) is 0 Å². The molecule has 3 aromatic rings. The average molecular weight is 445 g/mol. The number of hydrogen-bond acceptors (Lipinski definition) is 4. The lowest BCUT2D eigenvalue weighted by molar-refractivity contribution is -0.116. The van der Waals surface area contributed by atoms with Crippen LogP contribution in [0.15, 0.2) is 78.9 Å². The van der Waals surface area contributed by atoms with Crippen LogP contribution in [0, 0.1) is 0 Å². The SMILES string of the molecule is CN(C)C(=O)c1ccc(NC(=O)CNc2ccc(NC(=O)CCc3ccccc3)cc2)cc1. The fraction of sp³-hybridized carbons (Fsp3) is 0.192. The summed E-state index contributed by atoms with van der Waals surface area (Å²) in [7, 11) is 3.38. The van der Waals surface area contributed by atoms with Crippen molar-refractivity contribution in [2.45, 2.75) is 12.8 Å². The van der Waals surface area contributed by atoms with Gasteiger partial charge in [-0.25, -0.2) is 0 Å². The van der Waals surface area contributed by atoms with Crippen LogP contribution in [0.25, 0.3) is 0 Å². The van der Waals surface area contributed by atoms with Crippen LogP contribution in [0.1, 0.15) is 22.3 Å². The fourth-order valence-corrected chi connectivity index (χ4v) is 3.14. The Kier molecular flexibility index (Phi) is 8.18.